The number of anilines is 1. The van der Waals surface area contributed by atoms with Gasteiger partial charge in [0.2, 0.25) is 5.91 Å². The van der Waals surface area contributed by atoms with Crippen LogP contribution in [0, 0.1) is 5.82 Å². The van der Waals surface area contributed by atoms with Gasteiger partial charge in [0.25, 0.3) is 5.91 Å². The Kier molecular flexibility index (Phi) is 5.38. The third kappa shape index (κ3) is 4.12. The largest absolute Gasteiger partial charge is 0.320 e. The first-order chi connectivity index (χ1) is 14.5. The number of hydrogen-bond donors (Lipinski definition) is 1. The number of carbonyl (C=O) groups excluding carboxylic acids is 2. The Morgan fingerprint density at radius 2 is 1.83 bits per heavy atom. The SMILES string of the molecule is Cn1cnc(-c2ccccc2)c1NC(=O)C1=NN(Cc2ccc(F)cc2)C(=O)CC1. The zero-order valence-corrected chi connectivity index (χ0v) is 16.4. The van der Waals surface area contributed by atoms with Gasteiger partial charge in [0.1, 0.15) is 23.0 Å². The molecular formula is C22H20FN5O2. The lowest BCUT2D eigenvalue weighted by Gasteiger charge is -2.23. The van der Waals surface area contributed by atoms with Gasteiger partial charge in [-0.3, -0.25) is 9.59 Å². The fourth-order valence-corrected chi connectivity index (χ4v) is 3.22. The van der Waals surface area contributed by atoms with Crippen LogP contribution in [0.4, 0.5) is 10.2 Å². The molecule has 4 rings (SSSR count). The van der Waals surface area contributed by atoms with Crippen LogP contribution in [0.3, 0.4) is 0 Å². The van der Waals surface area contributed by atoms with E-state index in [9.17, 15) is 14.0 Å². The molecule has 1 aromatic heterocycles. The van der Waals surface area contributed by atoms with Crippen molar-refractivity contribution in [3.05, 3.63) is 72.3 Å². The van der Waals surface area contributed by atoms with Gasteiger partial charge >= 0.3 is 0 Å². The highest BCUT2D eigenvalue weighted by Crippen LogP contribution is 2.26. The topological polar surface area (TPSA) is 79.6 Å². The van der Waals surface area contributed by atoms with Crippen LogP contribution in [0.25, 0.3) is 11.3 Å². The van der Waals surface area contributed by atoms with E-state index in [0.717, 1.165) is 11.1 Å². The summed E-state index contributed by atoms with van der Waals surface area (Å²) >= 11 is 0. The van der Waals surface area contributed by atoms with Crippen LogP contribution in [0.5, 0.6) is 0 Å². The maximum Gasteiger partial charge on any atom is 0.273 e. The monoisotopic (exact) mass is 405 g/mol. The lowest BCUT2D eigenvalue weighted by molar-refractivity contribution is -0.132. The molecule has 0 saturated heterocycles. The number of benzene rings is 2. The van der Waals surface area contributed by atoms with Crippen LogP contribution in [0.1, 0.15) is 18.4 Å². The molecule has 0 spiro atoms. The van der Waals surface area contributed by atoms with Crippen molar-refractivity contribution in [2.75, 3.05) is 5.32 Å². The molecule has 1 aliphatic heterocycles. The first-order valence-corrected chi connectivity index (χ1v) is 9.51. The van der Waals surface area contributed by atoms with Gasteiger partial charge < -0.3 is 9.88 Å². The molecule has 1 N–H and O–H groups in total. The summed E-state index contributed by atoms with van der Waals surface area (Å²) in [6.07, 6.45) is 2.07. The van der Waals surface area contributed by atoms with Crippen molar-refractivity contribution < 1.29 is 14.0 Å². The van der Waals surface area contributed by atoms with Crippen molar-refractivity contribution in [1.82, 2.24) is 14.6 Å². The summed E-state index contributed by atoms with van der Waals surface area (Å²) in [5, 5.41) is 8.39. The van der Waals surface area contributed by atoms with Crippen LogP contribution in [0.2, 0.25) is 0 Å². The second kappa shape index (κ2) is 8.28. The molecule has 2 aromatic carbocycles. The van der Waals surface area contributed by atoms with Crippen LogP contribution in [-0.4, -0.2) is 32.1 Å². The molecule has 0 aliphatic carbocycles. The summed E-state index contributed by atoms with van der Waals surface area (Å²) in [6, 6.07) is 15.4. The number of halogens is 1. The second-order valence-electron chi connectivity index (χ2n) is 7.00. The lowest BCUT2D eigenvalue weighted by atomic mass is 10.1. The molecule has 0 atom stereocenters. The van der Waals surface area contributed by atoms with Gasteiger partial charge in [-0.05, 0) is 17.7 Å². The van der Waals surface area contributed by atoms with Gasteiger partial charge in [0.05, 0.1) is 12.9 Å². The number of hydrogen-bond acceptors (Lipinski definition) is 4. The standard InChI is InChI=1S/C22H20FN5O2/c1-27-14-24-20(16-5-3-2-4-6-16)21(27)25-22(30)18-11-12-19(29)28(26-18)13-15-7-9-17(23)10-8-15/h2-10,14H,11-13H2,1H3,(H,25,30). The molecule has 8 heteroatoms. The summed E-state index contributed by atoms with van der Waals surface area (Å²) in [5.74, 6) is -0.359. The van der Waals surface area contributed by atoms with E-state index in [-0.39, 0.29) is 42.7 Å². The number of aryl methyl sites for hydroxylation is 1. The second-order valence-corrected chi connectivity index (χ2v) is 7.00. The molecule has 30 heavy (non-hydrogen) atoms. The molecule has 152 valence electrons. The van der Waals surface area contributed by atoms with Crippen molar-refractivity contribution in [3.63, 3.8) is 0 Å². The normalized spacial score (nSPS) is 13.9. The van der Waals surface area contributed by atoms with Gasteiger partial charge in [-0.1, -0.05) is 42.5 Å². The Balaban J connectivity index is 1.54. The van der Waals surface area contributed by atoms with Crippen molar-refractivity contribution >= 4 is 23.3 Å². The molecule has 2 amide bonds. The zero-order valence-electron chi connectivity index (χ0n) is 16.4. The van der Waals surface area contributed by atoms with Crippen molar-refractivity contribution in [2.45, 2.75) is 19.4 Å². The Morgan fingerprint density at radius 3 is 2.57 bits per heavy atom. The van der Waals surface area contributed by atoms with Crippen LogP contribution < -0.4 is 5.32 Å². The average Bonchev–Trinajstić information content (AvgIpc) is 3.12. The Bertz CT molecular complexity index is 1110. The Hall–Kier alpha value is -3.81. The molecule has 7 nitrogen and oxygen atoms in total. The number of imidazole rings is 1. The third-order valence-corrected chi connectivity index (χ3v) is 4.83. The number of rotatable bonds is 5. The third-order valence-electron chi connectivity index (χ3n) is 4.83. The molecular weight excluding hydrogens is 385 g/mol. The minimum absolute atomic E-state index is 0.177. The number of hydrazone groups is 1. The minimum atomic E-state index is -0.382. The van der Waals surface area contributed by atoms with Crippen LogP contribution in [-0.2, 0) is 23.2 Å². The Morgan fingerprint density at radius 1 is 1.10 bits per heavy atom. The van der Waals surface area contributed by atoms with Gasteiger partial charge in [0, 0.05) is 25.5 Å². The Labute approximate surface area is 172 Å². The summed E-state index contributed by atoms with van der Waals surface area (Å²) in [6.45, 7) is 0.177. The summed E-state index contributed by atoms with van der Waals surface area (Å²) in [5.41, 5.74) is 2.53. The van der Waals surface area contributed by atoms with Gasteiger partial charge in [-0.15, -0.1) is 0 Å². The quantitative estimate of drug-likeness (QED) is 0.707. The first kappa shape index (κ1) is 19.5. The minimum Gasteiger partial charge on any atom is -0.320 e. The van der Waals surface area contributed by atoms with Gasteiger partial charge in [-0.2, -0.15) is 5.10 Å². The number of aromatic nitrogens is 2. The van der Waals surface area contributed by atoms with Crippen LogP contribution >= 0.6 is 0 Å². The summed E-state index contributed by atoms with van der Waals surface area (Å²) < 4.78 is 14.8. The van der Waals surface area contributed by atoms with Crippen molar-refractivity contribution in [3.8, 4) is 11.3 Å². The number of amides is 2. The predicted molar refractivity (Wildman–Crippen MR) is 111 cm³/mol. The maximum absolute atomic E-state index is 13.1. The molecule has 3 aromatic rings. The molecule has 0 fully saturated rings. The molecule has 0 bridgehead atoms. The molecule has 1 aliphatic rings. The smallest absolute Gasteiger partial charge is 0.273 e. The van der Waals surface area contributed by atoms with E-state index in [4.69, 9.17) is 0 Å². The van der Waals surface area contributed by atoms with E-state index in [1.54, 1.807) is 30.1 Å². The lowest BCUT2D eigenvalue weighted by Crippen LogP contribution is -2.36. The maximum atomic E-state index is 13.1. The molecule has 0 unspecified atom stereocenters. The highest BCUT2D eigenvalue weighted by Gasteiger charge is 2.26. The van der Waals surface area contributed by atoms with E-state index in [2.05, 4.69) is 15.4 Å². The summed E-state index contributed by atoms with van der Waals surface area (Å²) in [7, 11) is 1.79. The summed E-state index contributed by atoms with van der Waals surface area (Å²) in [4.78, 5) is 29.5. The highest BCUT2D eigenvalue weighted by molar-refractivity contribution is 6.43. The van der Waals surface area contributed by atoms with Crippen LogP contribution in [0.15, 0.2) is 66.0 Å². The zero-order chi connectivity index (χ0) is 21.1. The first-order valence-electron chi connectivity index (χ1n) is 9.51. The average molecular weight is 405 g/mol. The molecule has 0 saturated carbocycles. The molecule has 2 heterocycles. The van der Waals surface area contributed by atoms with E-state index in [1.165, 1.54) is 17.1 Å². The number of nitrogens with one attached hydrogen (secondary N) is 1. The molecule has 0 radical (unpaired) electrons. The number of nitrogens with zero attached hydrogens (tertiary/aromatic N) is 4. The fraction of sp³-hybridized carbons (Fsp3) is 0.182. The predicted octanol–water partition coefficient (Wildman–Crippen LogP) is 3.34. The van der Waals surface area contributed by atoms with E-state index < -0.39 is 0 Å². The van der Waals surface area contributed by atoms with Crippen molar-refractivity contribution in [2.24, 2.45) is 12.1 Å². The van der Waals surface area contributed by atoms with E-state index in [1.807, 2.05) is 30.3 Å². The van der Waals surface area contributed by atoms with Gasteiger partial charge in [-0.25, -0.2) is 14.4 Å². The van der Waals surface area contributed by atoms with E-state index in [0.29, 0.717) is 11.5 Å². The fourth-order valence-electron chi connectivity index (χ4n) is 3.22. The van der Waals surface area contributed by atoms with E-state index >= 15 is 0 Å². The van der Waals surface area contributed by atoms with Gasteiger partial charge in [0.15, 0.2) is 0 Å². The van der Waals surface area contributed by atoms with Crippen molar-refractivity contribution in [1.29, 1.82) is 0 Å². The highest BCUT2D eigenvalue weighted by atomic mass is 19.1. The number of carbonyl (C=O) groups is 2.